The average molecular weight is 497 g/mol. The van der Waals surface area contributed by atoms with Crippen molar-refractivity contribution in [2.24, 2.45) is 10.2 Å². The Morgan fingerprint density at radius 2 is 1.78 bits per heavy atom. The molecule has 1 aromatic heterocycles. The van der Waals surface area contributed by atoms with E-state index in [1.807, 2.05) is 30.3 Å². The van der Waals surface area contributed by atoms with Gasteiger partial charge in [0.25, 0.3) is 5.95 Å². The smallest absolute Gasteiger partial charge is 0.252 e. The summed E-state index contributed by atoms with van der Waals surface area (Å²) in [7, 11) is 0. The number of hydrogen-bond acceptors (Lipinski definition) is 7. The zero-order chi connectivity index (χ0) is 26.9. The van der Waals surface area contributed by atoms with E-state index < -0.39 is 0 Å². The van der Waals surface area contributed by atoms with Gasteiger partial charge in [-0.15, -0.1) is 10.2 Å². The van der Waals surface area contributed by atoms with Crippen molar-refractivity contribution in [3.8, 4) is 12.1 Å². The van der Waals surface area contributed by atoms with Crippen LogP contribution >= 0.6 is 0 Å². The Bertz CT molecular complexity index is 1350. The van der Waals surface area contributed by atoms with Crippen LogP contribution in [0.1, 0.15) is 69.5 Å². The molecule has 0 saturated heterocycles. The summed E-state index contributed by atoms with van der Waals surface area (Å²) in [5.74, 6) is 0.368. The van der Waals surface area contributed by atoms with Gasteiger partial charge in [0.15, 0.2) is 11.4 Å². The minimum absolute atomic E-state index is 0.00774. The van der Waals surface area contributed by atoms with Gasteiger partial charge >= 0.3 is 0 Å². The fourth-order valence-electron chi connectivity index (χ4n) is 4.01. The zero-order valence-corrected chi connectivity index (χ0v) is 22.0. The topological polar surface area (TPSA) is 122 Å². The van der Waals surface area contributed by atoms with Gasteiger partial charge in [-0.05, 0) is 55.5 Å². The first-order valence-corrected chi connectivity index (χ1v) is 12.4. The number of amides is 1. The van der Waals surface area contributed by atoms with Crippen LogP contribution in [0.3, 0.4) is 0 Å². The van der Waals surface area contributed by atoms with E-state index in [-0.39, 0.29) is 23.2 Å². The van der Waals surface area contributed by atoms with Gasteiger partial charge in [0, 0.05) is 25.7 Å². The standard InChI is InChI=1S/C28H32N8O/c1-6-19(4)22-11-9-21(10-12-22)18-36-27(17-30)26(16-29)32-28(36)34-33-24-14-13-23(35(7-2)8-3)15-25(24)31-20(5)37/h9-15,19H,6-8,18H2,1-5H3,(H,31,37). The maximum Gasteiger partial charge on any atom is 0.252 e. The summed E-state index contributed by atoms with van der Waals surface area (Å²) in [6, 6.07) is 17.8. The number of nitrogens with one attached hydrogen (secondary N) is 1. The number of nitrogens with zero attached hydrogens (tertiary/aromatic N) is 7. The molecule has 190 valence electrons. The van der Waals surface area contributed by atoms with Gasteiger partial charge in [-0.2, -0.15) is 15.5 Å². The predicted octanol–water partition coefficient (Wildman–Crippen LogP) is 6.41. The van der Waals surface area contributed by atoms with E-state index >= 15 is 0 Å². The first-order valence-electron chi connectivity index (χ1n) is 12.4. The summed E-state index contributed by atoms with van der Waals surface area (Å²) < 4.78 is 1.59. The minimum Gasteiger partial charge on any atom is -0.372 e. The summed E-state index contributed by atoms with van der Waals surface area (Å²) in [4.78, 5) is 18.3. The zero-order valence-electron chi connectivity index (χ0n) is 22.0. The van der Waals surface area contributed by atoms with Crippen LogP contribution in [-0.2, 0) is 11.3 Å². The lowest BCUT2D eigenvalue weighted by Gasteiger charge is -2.22. The fourth-order valence-corrected chi connectivity index (χ4v) is 4.01. The van der Waals surface area contributed by atoms with Crippen molar-refractivity contribution in [3.63, 3.8) is 0 Å². The van der Waals surface area contributed by atoms with Crippen LogP contribution in [0.5, 0.6) is 0 Å². The molecule has 3 rings (SSSR count). The van der Waals surface area contributed by atoms with Crippen LogP contribution in [0.15, 0.2) is 52.7 Å². The van der Waals surface area contributed by atoms with Crippen molar-refractivity contribution < 1.29 is 4.79 Å². The number of nitriles is 2. The molecular weight excluding hydrogens is 464 g/mol. The largest absolute Gasteiger partial charge is 0.372 e. The first kappa shape index (κ1) is 27.1. The van der Waals surface area contributed by atoms with Gasteiger partial charge in [-0.1, -0.05) is 38.1 Å². The molecule has 0 bridgehead atoms. The number of azo groups is 1. The fraction of sp³-hybridized carbons (Fsp3) is 0.357. The minimum atomic E-state index is -0.228. The molecule has 3 aromatic rings. The van der Waals surface area contributed by atoms with E-state index in [1.54, 1.807) is 10.6 Å². The van der Waals surface area contributed by atoms with E-state index in [0.717, 1.165) is 30.8 Å². The van der Waals surface area contributed by atoms with Crippen molar-refractivity contribution >= 4 is 28.9 Å². The number of aromatic nitrogens is 2. The second kappa shape index (κ2) is 12.5. The number of carbonyl (C=O) groups excluding carboxylic acids is 1. The van der Waals surface area contributed by atoms with Gasteiger partial charge in [-0.25, -0.2) is 0 Å². The molecule has 0 aliphatic carbocycles. The van der Waals surface area contributed by atoms with Crippen LogP contribution < -0.4 is 10.2 Å². The summed E-state index contributed by atoms with van der Waals surface area (Å²) in [5.41, 5.74) is 4.22. The van der Waals surface area contributed by atoms with Crippen LogP contribution in [0.25, 0.3) is 0 Å². The molecule has 0 saturated carbocycles. The Morgan fingerprint density at radius 3 is 2.35 bits per heavy atom. The molecule has 9 heteroatoms. The van der Waals surface area contributed by atoms with Gasteiger partial charge in [0.1, 0.15) is 17.8 Å². The number of anilines is 2. The van der Waals surface area contributed by atoms with Crippen LogP contribution in [-0.4, -0.2) is 28.5 Å². The third kappa shape index (κ3) is 6.39. The lowest BCUT2D eigenvalue weighted by atomic mass is 9.98. The highest BCUT2D eigenvalue weighted by Crippen LogP contribution is 2.32. The third-order valence-corrected chi connectivity index (χ3v) is 6.33. The van der Waals surface area contributed by atoms with Crippen molar-refractivity contribution in [2.75, 3.05) is 23.3 Å². The molecule has 1 amide bonds. The number of rotatable bonds is 10. The molecule has 0 aliphatic heterocycles. The Balaban J connectivity index is 2.01. The second-order valence-electron chi connectivity index (χ2n) is 8.72. The van der Waals surface area contributed by atoms with Gasteiger partial charge in [0.2, 0.25) is 5.91 Å². The molecule has 0 radical (unpaired) electrons. The van der Waals surface area contributed by atoms with Gasteiger partial charge < -0.3 is 10.2 Å². The van der Waals surface area contributed by atoms with Crippen molar-refractivity contribution in [1.82, 2.24) is 9.55 Å². The molecule has 1 unspecified atom stereocenters. The molecule has 0 spiro atoms. The monoisotopic (exact) mass is 496 g/mol. The van der Waals surface area contributed by atoms with Crippen molar-refractivity contribution in [2.45, 2.75) is 53.5 Å². The van der Waals surface area contributed by atoms with E-state index in [4.69, 9.17) is 0 Å². The highest BCUT2D eigenvalue weighted by Gasteiger charge is 2.18. The number of benzene rings is 2. The average Bonchev–Trinajstić information content (AvgIpc) is 3.24. The Kier molecular flexibility index (Phi) is 9.12. The van der Waals surface area contributed by atoms with Crippen LogP contribution in [0.4, 0.5) is 23.0 Å². The Morgan fingerprint density at radius 1 is 1.08 bits per heavy atom. The number of imidazole rings is 1. The normalized spacial score (nSPS) is 11.6. The highest BCUT2D eigenvalue weighted by atomic mass is 16.1. The van der Waals surface area contributed by atoms with E-state index in [2.05, 4.69) is 71.3 Å². The Labute approximate surface area is 218 Å². The highest BCUT2D eigenvalue weighted by molar-refractivity contribution is 5.93. The maximum atomic E-state index is 11.8. The van der Waals surface area contributed by atoms with Gasteiger partial charge in [-0.3, -0.25) is 9.36 Å². The molecule has 37 heavy (non-hydrogen) atoms. The Hall–Kier alpha value is -4.50. The SMILES string of the molecule is CCC(C)c1ccc(Cn2c(N=Nc3ccc(N(CC)CC)cc3NC(C)=O)nc(C#N)c2C#N)cc1. The number of carbonyl (C=O) groups is 1. The predicted molar refractivity (Wildman–Crippen MR) is 144 cm³/mol. The molecule has 1 atom stereocenters. The summed E-state index contributed by atoms with van der Waals surface area (Å²) in [6.07, 6.45) is 1.05. The molecule has 1 N–H and O–H groups in total. The van der Waals surface area contributed by atoms with E-state index in [1.165, 1.54) is 12.5 Å². The summed E-state index contributed by atoms with van der Waals surface area (Å²) in [5, 5.41) is 30.7. The quantitative estimate of drug-likeness (QED) is 0.325. The summed E-state index contributed by atoms with van der Waals surface area (Å²) in [6.45, 7) is 11.8. The number of hydrogen-bond donors (Lipinski definition) is 1. The lowest BCUT2D eigenvalue weighted by Crippen LogP contribution is -2.21. The van der Waals surface area contributed by atoms with Crippen LogP contribution in [0, 0.1) is 22.7 Å². The van der Waals surface area contributed by atoms with Crippen molar-refractivity contribution in [3.05, 3.63) is 65.0 Å². The van der Waals surface area contributed by atoms with E-state index in [9.17, 15) is 15.3 Å². The second-order valence-corrected chi connectivity index (χ2v) is 8.72. The molecule has 1 heterocycles. The summed E-state index contributed by atoms with van der Waals surface area (Å²) >= 11 is 0. The first-order chi connectivity index (χ1) is 17.8. The maximum absolute atomic E-state index is 11.8. The molecule has 2 aromatic carbocycles. The van der Waals surface area contributed by atoms with E-state index in [0.29, 0.717) is 23.8 Å². The lowest BCUT2D eigenvalue weighted by molar-refractivity contribution is -0.114. The molecule has 0 fully saturated rings. The van der Waals surface area contributed by atoms with Crippen LogP contribution in [0.2, 0.25) is 0 Å². The molecule has 0 aliphatic rings. The third-order valence-electron chi connectivity index (χ3n) is 6.33. The molecule has 9 nitrogen and oxygen atoms in total. The molecular formula is C28H32N8O. The van der Waals surface area contributed by atoms with Crippen molar-refractivity contribution in [1.29, 1.82) is 10.5 Å². The van der Waals surface area contributed by atoms with Gasteiger partial charge in [0.05, 0.1) is 12.2 Å².